The molecule has 9 heteroatoms. The monoisotopic (exact) mass is 493 g/mol. The third-order valence-corrected chi connectivity index (χ3v) is 7.86. The van der Waals surface area contributed by atoms with E-state index in [-0.39, 0.29) is 35.8 Å². The molecule has 3 aliphatic rings. The normalized spacial score (nSPS) is 25.8. The van der Waals surface area contributed by atoms with Crippen molar-refractivity contribution in [1.29, 1.82) is 0 Å². The number of primary amides is 1. The van der Waals surface area contributed by atoms with Crippen molar-refractivity contribution in [2.75, 3.05) is 10.6 Å². The van der Waals surface area contributed by atoms with Crippen LogP contribution in [0.3, 0.4) is 0 Å². The van der Waals surface area contributed by atoms with Crippen molar-refractivity contribution in [2.45, 2.75) is 25.5 Å². The first kappa shape index (κ1) is 21.9. The van der Waals surface area contributed by atoms with E-state index in [1.54, 1.807) is 0 Å². The van der Waals surface area contributed by atoms with Crippen molar-refractivity contribution in [3.05, 3.63) is 83.6 Å². The number of nitrogens with one attached hydrogen (secondary N) is 4. The van der Waals surface area contributed by atoms with Gasteiger partial charge in [-0.15, -0.1) is 0 Å². The molecule has 2 aromatic carbocycles. The number of aromatic amines is 1. The average Bonchev–Trinajstić information content (AvgIpc) is 3.66. The highest BCUT2D eigenvalue weighted by molar-refractivity contribution is 5.89. The molecule has 5 unspecified atom stereocenters. The zero-order valence-electron chi connectivity index (χ0n) is 20.2. The highest BCUT2D eigenvalue weighted by atomic mass is 16.7. The van der Waals surface area contributed by atoms with Crippen molar-refractivity contribution in [3.8, 4) is 0 Å². The quantitative estimate of drug-likeness (QED) is 0.276. The summed E-state index contributed by atoms with van der Waals surface area (Å²) < 4.78 is 0. The van der Waals surface area contributed by atoms with E-state index in [1.807, 2.05) is 61.7 Å². The summed E-state index contributed by atoms with van der Waals surface area (Å²) >= 11 is 0. The number of benzene rings is 2. The van der Waals surface area contributed by atoms with Crippen LogP contribution >= 0.6 is 0 Å². The Morgan fingerprint density at radius 3 is 2.78 bits per heavy atom. The predicted octanol–water partition coefficient (Wildman–Crippen LogP) is 3.86. The molecule has 4 aromatic rings. The van der Waals surface area contributed by atoms with E-state index >= 15 is 0 Å². The number of H-pyrrole nitrogens is 1. The largest absolute Gasteiger partial charge is 0.369 e. The third kappa shape index (κ3) is 3.54. The smallest absolute Gasteiger partial charge is 0.231 e. The summed E-state index contributed by atoms with van der Waals surface area (Å²) in [5, 5.41) is 7.79. The molecule has 3 heterocycles. The predicted molar refractivity (Wildman–Crippen MR) is 141 cm³/mol. The Labute approximate surface area is 213 Å². The summed E-state index contributed by atoms with van der Waals surface area (Å²) in [4.78, 5) is 31.4. The number of nitrogens with zero attached hydrogens (tertiary/aromatic N) is 2. The number of hydrogen-bond donors (Lipinski definition) is 5. The average molecular weight is 494 g/mol. The van der Waals surface area contributed by atoms with Crippen molar-refractivity contribution in [1.82, 2.24) is 20.4 Å². The molecule has 1 aliphatic heterocycles. The number of nitrogens with two attached hydrogens (primary N) is 1. The van der Waals surface area contributed by atoms with Gasteiger partial charge in [-0.1, -0.05) is 42.5 Å². The first-order valence-corrected chi connectivity index (χ1v) is 12.5. The number of aryl methyl sites for hydroxylation is 1. The Balaban J connectivity index is 1.27. The van der Waals surface area contributed by atoms with Crippen LogP contribution in [0.5, 0.6) is 0 Å². The van der Waals surface area contributed by atoms with Crippen molar-refractivity contribution >= 4 is 40.1 Å². The van der Waals surface area contributed by atoms with Crippen LogP contribution in [0, 0.1) is 24.7 Å². The molecule has 0 radical (unpaired) electrons. The lowest BCUT2D eigenvalue weighted by molar-refractivity contribution is -0.125. The lowest BCUT2D eigenvalue weighted by Gasteiger charge is -2.33. The molecule has 5 atom stereocenters. The van der Waals surface area contributed by atoms with Gasteiger partial charge in [0.25, 0.3) is 0 Å². The molecule has 0 spiro atoms. The van der Waals surface area contributed by atoms with Gasteiger partial charge in [-0.2, -0.15) is 9.97 Å². The highest BCUT2D eigenvalue weighted by Gasteiger charge is 2.61. The SMILES string of the molecule is Cc1cccc(Nc2nc(NC3C4CC(C5ONC(c6ccccc6)=C45)C3C(N)=O)c3cc[nH]c3n2)c1. The second-order valence-electron chi connectivity index (χ2n) is 10.1. The van der Waals surface area contributed by atoms with E-state index in [0.717, 1.165) is 34.3 Å². The van der Waals surface area contributed by atoms with Crippen LogP contribution < -0.4 is 21.8 Å². The first-order chi connectivity index (χ1) is 18.1. The fourth-order valence-electron chi connectivity index (χ4n) is 6.36. The zero-order valence-corrected chi connectivity index (χ0v) is 20.2. The maximum atomic E-state index is 12.7. The van der Waals surface area contributed by atoms with Gasteiger partial charge >= 0.3 is 0 Å². The van der Waals surface area contributed by atoms with Gasteiger partial charge in [0, 0.05) is 29.8 Å². The number of carbonyl (C=O) groups excluding carboxylic acids is 1. The summed E-state index contributed by atoms with van der Waals surface area (Å²) in [5.41, 5.74) is 15.1. The number of aromatic nitrogens is 3. The van der Waals surface area contributed by atoms with Gasteiger partial charge in [-0.25, -0.2) is 0 Å². The van der Waals surface area contributed by atoms with Gasteiger partial charge in [0.2, 0.25) is 11.9 Å². The molecule has 7 rings (SSSR count). The Morgan fingerprint density at radius 2 is 1.97 bits per heavy atom. The third-order valence-electron chi connectivity index (χ3n) is 7.86. The first-order valence-electron chi connectivity index (χ1n) is 12.5. The molecular weight excluding hydrogens is 466 g/mol. The van der Waals surface area contributed by atoms with Gasteiger partial charge in [-0.05, 0) is 48.2 Å². The molecule has 2 fully saturated rings. The molecule has 186 valence electrons. The number of carbonyl (C=O) groups is 1. The highest BCUT2D eigenvalue weighted by Crippen LogP contribution is 2.57. The summed E-state index contributed by atoms with van der Waals surface area (Å²) in [5.74, 6) is 0.503. The fraction of sp³-hybridized carbons (Fsp3) is 0.250. The Kier molecular flexibility index (Phi) is 4.93. The maximum absolute atomic E-state index is 12.7. The Bertz CT molecular complexity index is 1550. The number of amides is 1. The van der Waals surface area contributed by atoms with Gasteiger partial charge in [0.15, 0.2) is 0 Å². The van der Waals surface area contributed by atoms with Crippen molar-refractivity contribution in [3.63, 3.8) is 0 Å². The second kappa shape index (κ2) is 8.35. The number of fused-ring (bicyclic) bond motifs is 6. The minimum absolute atomic E-state index is 0.00263. The summed E-state index contributed by atoms with van der Waals surface area (Å²) in [6, 6.07) is 19.9. The maximum Gasteiger partial charge on any atom is 0.231 e. The molecular formula is C28H27N7O2. The molecule has 9 nitrogen and oxygen atoms in total. The molecule has 1 amide bonds. The van der Waals surface area contributed by atoms with Gasteiger partial charge < -0.3 is 21.4 Å². The van der Waals surface area contributed by atoms with E-state index in [9.17, 15) is 4.79 Å². The zero-order chi connectivity index (χ0) is 25.1. The van der Waals surface area contributed by atoms with Crippen LogP contribution in [0.1, 0.15) is 17.5 Å². The molecule has 6 N–H and O–H groups in total. The van der Waals surface area contributed by atoms with Crippen LogP contribution in [-0.4, -0.2) is 33.0 Å². The summed E-state index contributed by atoms with van der Waals surface area (Å²) in [7, 11) is 0. The van der Waals surface area contributed by atoms with E-state index in [2.05, 4.69) is 38.2 Å². The molecule has 0 saturated heterocycles. The topological polar surface area (TPSA) is 130 Å². The number of hydroxylamine groups is 1. The lowest BCUT2D eigenvalue weighted by atomic mass is 9.78. The minimum atomic E-state index is -0.382. The number of anilines is 3. The Hall–Kier alpha value is -4.37. The standard InChI is InChI=1S/C28H27N7O2/c1-14-6-5-9-16(12-14)31-28-33-26-17(10-11-30-26)27(34-28)32-23-18-13-19(21(23)25(29)36)24-20(18)22(35-37-24)15-7-3-2-4-8-15/h2-12,18-19,21,23-24,35H,13H2,1H3,(H2,29,36)(H3,30,31,32,33,34). The minimum Gasteiger partial charge on any atom is -0.369 e. The molecule has 37 heavy (non-hydrogen) atoms. The Morgan fingerprint density at radius 1 is 1.11 bits per heavy atom. The summed E-state index contributed by atoms with van der Waals surface area (Å²) in [6.07, 6.45) is 2.51. The van der Waals surface area contributed by atoms with Gasteiger partial charge in [0.1, 0.15) is 17.6 Å². The van der Waals surface area contributed by atoms with E-state index in [1.165, 1.54) is 5.57 Å². The molecule has 2 saturated carbocycles. The second-order valence-corrected chi connectivity index (χ2v) is 10.1. The van der Waals surface area contributed by atoms with Crippen molar-refractivity contribution < 1.29 is 9.63 Å². The molecule has 2 aromatic heterocycles. The van der Waals surface area contributed by atoms with Gasteiger partial charge in [0.05, 0.1) is 17.0 Å². The number of rotatable bonds is 6. The van der Waals surface area contributed by atoms with Crippen molar-refractivity contribution in [2.24, 2.45) is 23.5 Å². The van der Waals surface area contributed by atoms with Crippen LogP contribution in [0.2, 0.25) is 0 Å². The van der Waals surface area contributed by atoms with Crippen LogP contribution in [0.15, 0.2) is 72.4 Å². The van der Waals surface area contributed by atoms with Crippen LogP contribution in [0.25, 0.3) is 16.7 Å². The number of hydrogen-bond acceptors (Lipinski definition) is 7. The fourth-order valence-corrected chi connectivity index (χ4v) is 6.36. The van der Waals surface area contributed by atoms with E-state index in [0.29, 0.717) is 17.4 Å². The van der Waals surface area contributed by atoms with Crippen LogP contribution in [-0.2, 0) is 9.63 Å². The van der Waals surface area contributed by atoms with Gasteiger partial charge in [-0.3, -0.25) is 15.1 Å². The summed E-state index contributed by atoms with van der Waals surface area (Å²) in [6.45, 7) is 2.04. The molecule has 2 bridgehead atoms. The van der Waals surface area contributed by atoms with Crippen LogP contribution in [0.4, 0.5) is 17.5 Å². The van der Waals surface area contributed by atoms with E-state index < -0.39 is 0 Å². The lowest BCUT2D eigenvalue weighted by Crippen LogP contribution is -2.47. The van der Waals surface area contributed by atoms with E-state index in [4.69, 9.17) is 15.6 Å². The molecule has 2 aliphatic carbocycles.